The first kappa shape index (κ1) is 19.9. The van der Waals surface area contributed by atoms with Gasteiger partial charge in [-0.25, -0.2) is 4.98 Å². The molecule has 6 heteroatoms. The summed E-state index contributed by atoms with van der Waals surface area (Å²) in [5, 5.41) is 5.61. The Labute approximate surface area is 169 Å². The van der Waals surface area contributed by atoms with Gasteiger partial charge in [0.05, 0.1) is 18.7 Å². The molecule has 1 N–H and O–H groups in total. The second-order valence-electron chi connectivity index (χ2n) is 6.53. The van der Waals surface area contributed by atoms with Crippen LogP contribution in [0, 0.1) is 13.8 Å². The molecule has 1 heterocycles. The van der Waals surface area contributed by atoms with Crippen molar-refractivity contribution in [1.82, 2.24) is 10.3 Å². The Morgan fingerprint density at radius 3 is 2.64 bits per heavy atom. The molecule has 0 aliphatic heterocycles. The van der Waals surface area contributed by atoms with Crippen molar-refractivity contribution < 1.29 is 14.3 Å². The van der Waals surface area contributed by atoms with Crippen LogP contribution in [0.4, 0.5) is 0 Å². The maximum atomic E-state index is 12.1. The van der Waals surface area contributed by atoms with Gasteiger partial charge in [-0.2, -0.15) is 0 Å². The van der Waals surface area contributed by atoms with Gasteiger partial charge < -0.3 is 14.8 Å². The number of hydrogen-bond acceptors (Lipinski definition) is 5. The Morgan fingerprint density at radius 1 is 1.04 bits per heavy atom. The second-order valence-corrected chi connectivity index (χ2v) is 7.47. The van der Waals surface area contributed by atoms with E-state index in [4.69, 9.17) is 9.47 Å². The molecular weight excluding hydrogens is 372 g/mol. The smallest absolute Gasteiger partial charge is 0.226 e. The zero-order chi connectivity index (χ0) is 19.8. The Kier molecular flexibility index (Phi) is 7.03. The predicted octanol–water partition coefficient (Wildman–Crippen LogP) is 4.08. The average Bonchev–Trinajstić information content (AvgIpc) is 3.12. The van der Waals surface area contributed by atoms with Gasteiger partial charge in [0.2, 0.25) is 5.91 Å². The lowest BCUT2D eigenvalue weighted by molar-refractivity contribution is -0.120. The van der Waals surface area contributed by atoms with Gasteiger partial charge in [0.1, 0.15) is 29.7 Å². The van der Waals surface area contributed by atoms with Gasteiger partial charge in [0.15, 0.2) is 0 Å². The summed E-state index contributed by atoms with van der Waals surface area (Å²) in [4.78, 5) is 16.5. The number of hydrogen-bond donors (Lipinski definition) is 1. The largest absolute Gasteiger partial charge is 0.492 e. The molecule has 0 saturated carbocycles. The molecule has 0 bridgehead atoms. The van der Waals surface area contributed by atoms with Crippen molar-refractivity contribution in [2.45, 2.75) is 26.9 Å². The first-order valence-electron chi connectivity index (χ1n) is 9.17. The summed E-state index contributed by atoms with van der Waals surface area (Å²) in [7, 11) is 0. The average molecular weight is 397 g/mol. The normalized spacial score (nSPS) is 10.5. The van der Waals surface area contributed by atoms with E-state index < -0.39 is 0 Å². The lowest BCUT2D eigenvalue weighted by Crippen LogP contribution is -2.29. The lowest BCUT2D eigenvalue weighted by atomic mass is 10.2. The number of rotatable bonds is 9. The molecule has 5 nitrogen and oxygen atoms in total. The van der Waals surface area contributed by atoms with Gasteiger partial charge in [-0.3, -0.25) is 4.79 Å². The molecule has 0 aliphatic carbocycles. The number of nitrogens with one attached hydrogen (secondary N) is 1. The zero-order valence-electron chi connectivity index (χ0n) is 16.1. The Morgan fingerprint density at radius 2 is 1.86 bits per heavy atom. The van der Waals surface area contributed by atoms with E-state index in [2.05, 4.69) is 10.3 Å². The molecule has 0 radical (unpaired) electrons. The van der Waals surface area contributed by atoms with Crippen LogP contribution in [0.2, 0.25) is 0 Å². The molecule has 28 heavy (non-hydrogen) atoms. The molecule has 0 unspecified atom stereocenters. The highest BCUT2D eigenvalue weighted by molar-refractivity contribution is 7.09. The lowest BCUT2D eigenvalue weighted by Gasteiger charge is -2.08. The Balaban J connectivity index is 1.37. The quantitative estimate of drug-likeness (QED) is 0.554. The number of thiazole rings is 1. The third kappa shape index (κ3) is 6.39. The molecule has 3 rings (SSSR count). The highest BCUT2D eigenvalue weighted by Gasteiger charge is 2.08. The molecule has 1 amide bonds. The number of aryl methyl sites for hydroxylation is 2. The van der Waals surface area contributed by atoms with Crippen molar-refractivity contribution in [1.29, 1.82) is 0 Å². The molecule has 0 saturated heterocycles. The Bertz CT molecular complexity index is 906. The predicted molar refractivity (Wildman–Crippen MR) is 111 cm³/mol. The summed E-state index contributed by atoms with van der Waals surface area (Å²) in [5.41, 5.74) is 3.09. The van der Waals surface area contributed by atoms with Crippen molar-refractivity contribution in [3.05, 3.63) is 75.7 Å². The summed E-state index contributed by atoms with van der Waals surface area (Å²) in [6.45, 7) is 5.35. The van der Waals surface area contributed by atoms with Crippen molar-refractivity contribution in [2.75, 3.05) is 13.2 Å². The molecular formula is C22H24N2O3S. The second kappa shape index (κ2) is 9.90. The van der Waals surface area contributed by atoms with Crippen molar-refractivity contribution in [3.63, 3.8) is 0 Å². The molecule has 0 spiro atoms. The van der Waals surface area contributed by atoms with E-state index in [0.717, 1.165) is 27.8 Å². The van der Waals surface area contributed by atoms with Gasteiger partial charge >= 0.3 is 0 Å². The van der Waals surface area contributed by atoms with Crippen LogP contribution in [0.25, 0.3) is 0 Å². The third-order valence-corrected chi connectivity index (χ3v) is 4.88. The number of benzene rings is 2. The van der Waals surface area contributed by atoms with E-state index in [1.54, 1.807) is 0 Å². The fourth-order valence-electron chi connectivity index (χ4n) is 2.57. The summed E-state index contributed by atoms with van der Waals surface area (Å²) < 4.78 is 11.4. The molecule has 2 aromatic carbocycles. The van der Waals surface area contributed by atoms with Crippen molar-refractivity contribution in [3.8, 4) is 11.5 Å². The molecule has 0 atom stereocenters. The van der Waals surface area contributed by atoms with E-state index >= 15 is 0 Å². The topological polar surface area (TPSA) is 60.5 Å². The first-order chi connectivity index (χ1) is 13.6. The minimum absolute atomic E-state index is 0.0656. The van der Waals surface area contributed by atoms with Crippen molar-refractivity contribution >= 4 is 17.2 Å². The van der Waals surface area contributed by atoms with E-state index in [1.165, 1.54) is 16.9 Å². The van der Waals surface area contributed by atoms with Crippen LogP contribution in [0.15, 0.2) is 53.9 Å². The van der Waals surface area contributed by atoms with E-state index in [1.807, 2.05) is 67.8 Å². The van der Waals surface area contributed by atoms with Gasteiger partial charge in [-0.15, -0.1) is 11.3 Å². The molecule has 1 aromatic heterocycles. The number of aromatic nitrogens is 1. The molecule has 146 valence electrons. The maximum absolute atomic E-state index is 12.1. The van der Waals surface area contributed by atoms with Crippen LogP contribution in [0.1, 0.15) is 21.8 Å². The van der Waals surface area contributed by atoms with Crippen LogP contribution >= 0.6 is 11.3 Å². The minimum atomic E-state index is -0.0656. The summed E-state index contributed by atoms with van der Waals surface area (Å²) >= 11 is 1.50. The fraction of sp³-hybridized carbons (Fsp3) is 0.273. The van der Waals surface area contributed by atoms with Gasteiger partial charge in [-0.1, -0.05) is 29.8 Å². The number of ether oxygens (including phenoxy) is 2. The SMILES string of the molecule is Cc1ccc(OCc2nc(CC(=O)NCCOc3cccc(C)c3)cs2)cc1. The molecule has 0 aliphatic rings. The summed E-state index contributed by atoms with van der Waals surface area (Å²) in [6, 6.07) is 15.7. The number of nitrogens with zero attached hydrogens (tertiary/aromatic N) is 1. The summed E-state index contributed by atoms with van der Waals surface area (Å²) in [6.07, 6.45) is 0.255. The molecule has 0 fully saturated rings. The van der Waals surface area contributed by atoms with E-state index in [9.17, 15) is 4.79 Å². The van der Waals surface area contributed by atoms with Gasteiger partial charge in [-0.05, 0) is 43.7 Å². The molecule has 3 aromatic rings. The standard InChI is InChI=1S/C22H24N2O3S/c1-16-6-8-19(9-7-16)27-14-22-24-18(15-28-22)13-21(25)23-10-11-26-20-5-3-4-17(2)12-20/h3-9,12,15H,10-11,13-14H2,1-2H3,(H,23,25). The fourth-order valence-corrected chi connectivity index (χ4v) is 3.27. The van der Waals surface area contributed by atoms with Gasteiger partial charge in [0, 0.05) is 5.38 Å². The number of carbonyl (C=O) groups excluding carboxylic acids is 1. The zero-order valence-corrected chi connectivity index (χ0v) is 16.9. The maximum Gasteiger partial charge on any atom is 0.226 e. The van der Waals surface area contributed by atoms with E-state index in [0.29, 0.717) is 19.8 Å². The third-order valence-electron chi connectivity index (χ3n) is 4.01. The summed E-state index contributed by atoms with van der Waals surface area (Å²) in [5.74, 6) is 1.56. The highest BCUT2D eigenvalue weighted by atomic mass is 32.1. The van der Waals surface area contributed by atoms with Crippen LogP contribution in [0.3, 0.4) is 0 Å². The van der Waals surface area contributed by atoms with Crippen LogP contribution < -0.4 is 14.8 Å². The Hall–Kier alpha value is -2.86. The van der Waals surface area contributed by atoms with Crippen molar-refractivity contribution in [2.24, 2.45) is 0 Å². The highest BCUT2D eigenvalue weighted by Crippen LogP contribution is 2.16. The van der Waals surface area contributed by atoms with Gasteiger partial charge in [0.25, 0.3) is 0 Å². The number of carbonyl (C=O) groups is 1. The van der Waals surface area contributed by atoms with Crippen LogP contribution in [0.5, 0.6) is 11.5 Å². The monoisotopic (exact) mass is 396 g/mol. The van der Waals surface area contributed by atoms with Crippen LogP contribution in [-0.4, -0.2) is 24.0 Å². The van der Waals surface area contributed by atoms with E-state index in [-0.39, 0.29) is 12.3 Å². The first-order valence-corrected chi connectivity index (χ1v) is 10.1. The minimum Gasteiger partial charge on any atom is -0.492 e. The number of amides is 1. The van der Waals surface area contributed by atoms with Crippen LogP contribution in [-0.2, 0) is 17.8 Å².